The molecular formula is C15H21N4+. The lowest BCUT2D eigenvalue weighted by atomic mass is 9.95. The van der Waals surface area contributed by atoms with Gasteiger partial charge in [-0.2, -0.15) is 0 Å². The summed E-state index contributed by atoms with van der Waals surface area (Å²) in [5.41, 5.74) is 0.853. The molecule has 0 radical (unpaired) electrons. The molecule has 2 atom stereocenters. The summed E-state index contributed by atoms with van der Waals surface area (Å²) in [6.07, 6.45) is 14.4. The van der Waals surface area contributed by atoms with Crippen LogP contribution in [0.4, 0.5) is 5.95 Å². The van der Waals surface area contributed by atoms with Crippen LogP contribution in [0.15, 0.2) is 58.6 Å². The van der Waals surface area contributed by atoms with Crippen molar-refractivity contribution in [2.45, 2.75) is 26.3 Å². The Balaban J connectivity index is 2.27. The van der Waals surface area contributed by atoms with Crippen LogP contribution in [-0.2, 0) is 7.05 Å². The van der Waals surface area contributed by atoms with Gasteiger partial charge in [0.2, 0.25) is 0 Å². The van der Waals surface area contributed by atoms with Crippen molar-refractivity contribution in [1.82, 2.24) is 4.98 Å². The van der Waals surface area contributed by atoms with E-state index in [0.29, 0.717) is 5.92 Å². The molecule has 1 aromatic heterocycles. The van der Waals surface area contributed by atoms with Crippen molar-refractivity contribution < 1.29 is 4.57 Å². The van der Waals surface area contributed by atoms with Gasteiger partial charge in [0.25, 0.3) is 0 Å². The van der Waals surface area contributed by atoms with Crippen LogP contribution >= 0.6 is 0 Å². The van der Waals surface area contributed by atoms with Gasteiger partial charge in [-0.05, 0) is 19.8 Å². The monoisotopic (exact) mass is 257 g/mol. The second kappa shape index (κ2) is 5.34. The second-order valence-corrected chi connectivity index (χ2v) is 5.28. The number of allylic oxidation sites excluding steroid dienone is 4. The summed E-state index contributed by atoms with van der Waals surface area (Å²) < 4.78 is 1.90. The molecule has 0 saturated heterocycles. The fourth-order valence-electron chi connectivity index (χ4n) is 1.95. The van der Waals surface area contributed by atoms with Crippen molar-refractivity contribution in [3.05, 3.63) is 48.3 Å². The van der Waals surface area contributed by atoms with Gasteiger partial charge in [-0.3, -0.25) is 0 Å². The minimum absolute atomic E-state index is 0.401. The average Bonchev–Trinajstić information content (AvgIpc) is 2.76. The standard InChI is InChI=1S/C15H20N4/c1-12-5-7-15(3,8-6-13(2)11-12)18-17-14-16-9-10-19(14)4/h5-12H,1-4H3/p+1/b7-5-,8-6-,13-11-,18-17?. The van der Waals surface area contributed by atoms with E-state index >= 15 is 0 Å². The van der Waals surface area contributed by atoms with Gasteiger partial charge >= 0.3 is 5.95 Å². The summed E-state index contributed by atoms with van der Waals surface area (Å²) in [6, 6.07) is 0. The topological polar surface area (TPSA) is 44.4 Å². The highest BCUT2D eigenvalue weighted by Gasteiger charge is 2.20. The van der Waals surface area contributed by atoms with E-state index in [2.05, 4.69) is 66.4 Å². The van der Waals surface area contributed by atoms with E-state index in [9.17, 15) is 0 Å². The molecule has 19 heavy (non-hydrogen) atoms. The number of azo groups is 1. The predicted molar refractivity (Wildman–Crippen MR) is 76.1 cm³/mol. The van der Waals surface area contributed by atoms with Crippen LogP contribution in [0, 0.1) is 5.92 Å². The van der Waals surface area contributed by atoms with Crippen LogP contribution in [0.25, 0.3) is 0 Å². The molecule has 1 aliphatic carbocycles. The number of hydrogen-bond donors (Lipinski definition) is 1. The molecule has 1 N–H and O–H groups in total. The van der Waals surface area contributed by atoms with Crippen molar-refractivity contribution in [1.29, 1.82) is 0 Å². The highest BCUT2D eigenvalue weighted by atomic mass is 15.3. The Morgan fingerprint density at radius 1 is 1.37 bits per heavy atom. The van der Waals surface area contributed by atoms with Crippen molar-refractivity contribution in [3.63, 3.8) is 0 Å². The molecule has 0 amide bonds. The molecular weight excluding hydrogens is 236 g/mol. The van der Waals surface area contributed by atoms with Gasteiger partial charge < -0.3 is 0 Å². The number of rotatable bonds is 2. The largest absolute Gasteiger partial charge is 0.418 e. The van der Waals surface area contributed by atoms with Gasteiger partial charge in [0.05, 0.1) is 19.4 Å². The Morgan fingerprint density at radius 2 is 2.16 bits per heavy atom. The van der Waals surface area contributed by atoms with Crippen LogP contribution < -0.4 is 4.57 Å². The Kier molecular flexibility index (Phi) is 3.79. The lowest BCUT2D eigenvalue weighted by molar-refractivity contribution is -0.657. The van der Waals surface area contributed by atoms with Crippen LogP contribution in [0.5, 0.6) is 0 Å². The number of H-pyrrole nitrogens is 1. The van der Waals surface area contributed by atoms with Crippen LogP contribution in [0.3, 0.4) is 0 Å². The Morgan fingerprint density at radius 3 is 2.84 bits per heavy atom. The molecule has 4 nitrogen and oxygen atoms in total. The fraction of sp³-hybridized carbons (Fsp3) is 0.400. The first-order valence-electron chi connectivity index (χ1n) is 6.51. The number of hydrogen-bond acceptors (Lipinski definition) is 2. The van der Waals surface area contributed by atoms with Gasteiger partial charge in [0.1, 0.15) is 5.54 Å². The van der Waals surface area contributed by atoms with E-state index in [-0.39, 0.29) is 0 Å². The molecule has 1 aromatic rings. The Bertz CT molecular complexity index is 562. The third-order valence-corrected chi connectivity index (χ3v) is 3.15. The number of aryl methyl sites for hydroxylation is 1. The first kappa shape index (κ1) is 13.5. The minimum atomic E-state index is -0.401. The highest BCUT2D eigenvalue weighted by molar-refractivity contribution is 5.29. The molecule has 0 bridgehead atoms. The maximum absolute atomic E-state index is 4.46. The van der Waals surface area contributed by atoms with E-state index in [1.165, 1.54) is 5.57 Å². The Labute approximate surface area is 114 Å². The molecule has 0 aliphatic heterocycles. The second-order valence-electron chi connectivity index (χ2n) is 5.28. The SMILES string of the molecule is CC1=C/C(C)/C=C\C(C)(N=Nc2[nH]cc[n+]2C)/C=C\1. The molecule has 0 saturated carbocycles. The van der Waals surface area contributed by atoms with Crippen molar-refractivity contribution >= 4 is 5.95 Å². The van der Waals surface area contributed by atoms with Gasteiger partial charge in [-0.1, -0.05) is 48.0 Å². The molecule has 2 unspecified atom stereocenters. The van der Waals surface area contributed by atoms with Gasteiger partial charge in [-0.25, -0.2) is 9.55 Å². The number of nitrogens with one attached hydrogen (secondary N) is 1. The summed E-state index contributed by atoms with van der Waals surface area (Å²) in [4.78, 5) is 3.05. The maximum atomic E-state index is 4.46. The lowest BCUT2D eigenvalue weighted by Crippen LogP contribution is -2.24. The molecule has 4 heteroatoms. The summed E-state index contributed by atoms with van der Waals surface area (Å²) in [5.74, 6) is 1.16. The number of aromatic nitrogens is 2. The Hall–Kier alpha value is -1.97. The first-order valence-corrected chi connectivity index (χ1v) is 6.51. The minimum Gasteiger partial charge on any atom is -0.244 e. The smallest absolute Gasteiger partial charge is 0.244 e. The number of imidazole rings is 1. The number of aromatic amines is 1. The summed E-state index contributed by atoms with van der Waals surface area (Å²) in [5, 5.41) is 8.76. The first-order chi connectivity index (χ1) is 8.98. The lowest BCUT2D eigenvalue weighted by Gasteiger charge is -2.15. The zero-order chi connectivity index (χ0) is 13.9. The van der Waals surface area contributed by atoms with E-state index in [1.807, 2.05) is 24.0 Å². The van der Waals surface area contributed by atoms with Crippen molar-refractivity contribution in [2.24, 2.45) is 23.2 Å². The summed E-state index contributed by atoms with van der Waals surface area (Å²) in [7, 11) is 1.94. The van der Waals surface area contributed by atoms with Crippen LogP contribution in [0.2, 0.25) is 0 Å². The molecule has 0 fully saturated rings. The van der Waals surface area contributed by atoms with Gasteiger partial charge in [0.15, 0.2) is 0 Å². The molecule has 1 heterocycles. The van der Waals surface area contributed by atoms with E-state index in [4.69, 9.17) is 0 Å². The van der Waals surface area contributed by atoms with E-state index in [0.717, 1.165) is 5.95 Å². The molecule has 0 spiro atoms. The van der Waals surface area contributed by atoms with Crippen LogP contribution in [0.1, 0.15) is 20.8 Å². The summed E-state index contributed by atoms with van der Waals surface area (Å²) in [6.45, 7) is 6.33. The highest BCUT2D eigenvalue weighted by Crippen LogP contribution is 2.22. The average molecular weight is 257 g/mol. The van der Waals surface area contributed by atoms with E-state index < -0.39 is 5.54 Å². The fourth-order valence-corrected chi connectivity index (χ4v) is 1.95. The third-order valence-electron chi connectivity index (χ3n) is 3.15. The third kappa shape index (κ3) is 3.50. The summed E-state index contributed by atoms with van der Waals surface area (Å²) >= 11 is 0. The normalized spacial score (nSPS) is 33.5. The molecule has 2 rings (SSSR count). The quantitative estimate of drug-likeness (QED) is 0.479. The van der Waals surface area contributed by atoms with Crippen molar-refractivity contribution in [2.75, 3.05) is 0 Å². The van der Waals surface area contributed by atoms with E-state index in [1.54, 1.807) is 0 Å². The number of nitrogens with zero attached hydrogens (tertiary/aromatic N) is 3. The predicted octanol–water partition coefficient (Wildman–Crippen LogP) is 3.39. The van der Waals surface area contributed by atoms with Crippen molar-refractivity contribution in [3.8, 4) is 0 Å². The zero-order valence-corrected chi connectivity index (χ0v) is 12.0. The van der Waals surface area contributed by atoms with Gasteiger partial charge in [0, 0.05) is 5.11 Å². The molecule has 0 aromatic carbocycles. The molecule has 100 valence electrons. The zero-order valence-electron chi connectivity index (χ0n) is 12.0. The maximum Gasteiger partial charge on any atom is 0.418 e. The molecule has 1 aliphatic rings. The van der Waals surface area contributed by atoms with Gasteiger partial charge in [-0.15, -0.1) is 0 Å². The van der Waals surface area contributed by atoms with Crippen LogP contribution in [-0.4, -0.2) is 10.5 Å².